The van der Waals surface area contributed by atoms with Crippen molar-refractivity contribution < 1.29 is 24.2 Å². The second-order valence-corrected chi connectivity index (χ2v) is 7.39. The van der Waals surface area contributed by atoms with E-state index >= 15 is 0 Å². The number of H-pyrrole nitrogens is 1. The second kappa shape index (κ2) is 8.93. The number of ether oxygens (including phenoxy) is 1. The molecule has 2 aromatic carbocycles. The molecule has 0 aliphatic heterocycles. The smallest absolute Gasteiger partial charge is 0.412 e. The zero-order valence-corrected chi connectivity index (χ0v) is 17.3. The maximum atomic E-state index is 12.3. The third-order valence-electron chi connectivity index (χ3n) is 5.41. The van der Waals surface area contributed by atoms with Crippen LogP contribution in [0.25, 0.3) is 11.1 Å². The molecule has 2 amide bonds. The van der Waals surface area contributed by atoms with E-state index in [1.165, 1.54) is 6.07 Å². The Bertz CT molecular complexity index is 1130. The summed E-state index contributed by atoms with van der Waals surface area (Å²) >= 11 is 0. The van der Waals surface area contributed by atoms with Gasteiger partial charge in [-0.15, -0.1) is 0 Å². The van der Waals surface area contributed by atoms with Crippen LogP contribution in [0.1, 0.15) is 40.9 Å². The number of carbonyl (C=O) groups excluding carboxylic acids is 2. The van der Waals surface area contributed by atoms with Crippen LogP contribution in [0.3, 0.4) is 0 Å². The number of carboxylic acids is 1. The molecule has 1 aromatic heterocycles. The summed E-state index contributed by atoms with van der Waals surface area (Å²) < 4.78 is 5.44. The number of hydrogen-bond donors (Lipinski definition) is 4. The first-order chi connectivity index (χ1) is 15.5. The van der Waals surface area contributed by atoms with Gasteiger partial charge in [0.05, 0.1) is 0 Å². The molecule has 4 rings (SSSR count). The monoisotopic (exact) mass is 434 g/mol. The maximum Gasteiger partial charge on any atom is 0.412 e. The van der Waals surface area contributed by atoms with Crippen molar-refractivity contribution in [1.82, 2.24) is 15.5 Å². The highest BCUT2D eigenvalue weighted by Gasteiger charge is 2.29. The largest absolute Gasteiger partial charge is 0.480 e. The van der Waals surface area contributed by atoms with Crippen LogP contribution in [-0.2, 0) is 9.53 Å². The minimum atomic E-state index is -1.13. The van der Waals surface area contributed by atoms with Gasteiger partial charge in [0.15, 0.2) is 5.82 Å². The van der Waals surface area contributed by atoms with Gasteiger partial charge in [-0.2, -0.15) is 5.10 Å². The standard InChI is InChI=1S/C23H22N4O5/c1-2-18(22(29)30)24-21(28)19-11-20(27-26-19)25-23(31)32-12-17-15-9-5-3-7-13(15)14-8-4-6-10-16(14)17/h3-11,17-18H,2,12H2,1H3,(H,24,28)(H,29,30)(H2,25,26,27,31). The lowest BCUT2D eigenvalue weighted by molar-refractivity contribution is -0.139. The molecule has 4 N–H and O–H groups in total. The van der Waals surface area contributed by atoms with Crippen molar-refractivity contribution in [3.8, 4) is 11.1 Å². The van der Waals surface area contributed by atoms with Crippen molar-refractivity contribution in [1.29, 1.82) is 0 Å². The highest BCUT2D eigenvalue weighted by molar-refractivity contribution is 5.96. The fourth-order valence-electron chi connectivity index (χ4n) is 3.82. The minimum Gasteiger partial charge on any atom is -0.480 e. The summed E-state index contributed by atoms with van der Waals surface area (Å²) in [5, 5.41) is 20.2. The fraction of sp³-hybridized carbons (Fsp3) is 0.217. The Kier molecular flexibility index (Phi) is 5.89. The Balaban J connectivity index is 1.37. The zero-order valence-electron chi connectivity index (χ0n) is 17.3. The molecular formula is C23H22N4O5. The number of anilines is 1. The average molecular weight is 434 g/mol. The van der Waals surface area contributed by atoms with Gasteiger partial charge < -0.3 is 15.2 Å². The van der Waals surface area contributed by atoms with E-state index in [4.69, 9.17) is 9.84 Å². The summed E-state index contributed by atoms with van der Waals surface area (Å²) in [7, 11) is 0. The van der Waals surface area contributed by atoms with Crippen LogP contribution in [0.4, 0.5) is 10.6 Å². The summed E-state index contributed by atoms with van der Waals surface area (Å²) in [6.07, 6.45) is -0.470. The molecule has 32 heavy (non-hydrogen) atoms. The molecule has 0 bridgehead atoms. The first-order valence-electron chi connectivity index (χ1n) is 10.2. The lowest BCUT2D eigenvalue weighted by atomic mass is 9.98. The van der Waals surface area contributed by atoms with E-state index in [1.807, 2.05) is 36.4 Å². The lowest BCUT2D eigenvalue weighted by Gasteiger charge is -2.14. The number of rotatable bonds is 7. The lowest BCUT2D eigenvalue weighted by Crippen LogP contribution is -2.40. The maximum absolute atomic E-state index is 12.3. The topological polar surface area (TPSA) is 133 Å². The van der Waals surface area contributed by atoms with Gasteiger partial charge in [-0.25, -0.2) is 9.59 Å². The van der Waals surface area contributed by atoms with Crippen LogP contribution in [0.5, 0.6) is 0 Å². The summed E-state index contributed by atoms with van der Waals surface area (Å²) in [6, 6.07) is 16.3. The van der Waals surface area contributed by atoms with Crippen molar-refractivity contribution in [2.45, 2.75) is 25.3 Å². The Labute approximate surface area is 183 Å². The van der Waals surface area contributed by atoms with E-state index in [0.717, 1.165) is 22.3 Å². The van der Waals surface area contributed by atoms with Gasteiger partial charge in [-0.3, -0.25) is 15.2 Å². The highest BCUT2D eigenvalue weighted by atomic mass is 16.5. The molecule has 1 unspecified atom stereocenters. The number of aromatic amines is 1. The predicted molar refractivity (Wildman–Crippen MR) is 116 cm³/mol. The van der Waals surface area contributed by atoms with E-state index < -0.39 is 24.0 Å². The minimum absolute atomic E-state index is 0.0265. The van der Waals surface area contributed by atoms with Crippen molar-refractivity contribution in [3.05, 3.63) is 71.4 Å². The predicted octanol–water partition coefficient (Wildman–Crippen LogP) is 3.36. The molecule has 1 heterocycles. The van der Waals surface area contributed by atoms with Gasteiger partial charge in [0.25, 0.3) is 5.91 Å². The SMILES string of the molecule is CCC(NC(=O)c1cc(NC(=O)OCC2c3ccccc3-c3ccccc32)n[nH]1)C(=O)O. The van der Waals surface area contributed by atoms with Crippen molar-refractivity contribution in [3.63, 3.8) is 0 Å². The fourth-order valence-corrected chi connectivity index (χ4v) is 3.82. The van der Waals surface area contributed by atoms with Crippen LogP contribution < -0.4 is 10.6 Å². The zero-order chi connectivity index (χ0) is 22.7. The average Bonchev–Trinajstić information content (AvgIpc) is 3.38. The molecule has 164 valence electrons. The number of carboxylic acid groups (broad SMARTS) is 1. The molecule has 0 saturated carbocycles. The van der Waals surface area contributed by atoms with Crippen LogP contribution in [0.2, 0.25) is 0 Å². The van der Waals surface area contributed by atoms with Gasteiger partial charge >= 0.3 is 12.1 Å². The van der Waals surface area contributed by atoms with E-state index in [0.29, 0.717) is 0 Å². The number of fused-ring (bicyclic) bond motifs is 3. The number of benzene rings is 2. The van der Waals surface area contributed by atoms with Gasteiger partial charge in [0, 0.05) is 12.0 Å². The molecule has 0 saturated heterocycles. The number of nitrogens with zero attached hydrogens (tertiary/aromatic N) is 1. The Morgan fingerprint density at radius 1 is 1.09 bits per heavy atom. The third kappa shape index (κ3) is 4.18. The van der Waals surface area contributed by atoms with Crippen LogP contribution in [-0.4, -0.2) is 45.9 Å². The van der Waals surface area contributed by atoms with Gasteiger partial charge in [0.1, 0.15) is 18.3 Å². The first-order valence-corrected chi connectivity index (χ1v) is 10.2. The second-order valence-electron chi connectivity index (χ2n) is 7.39. The molecule has 0 spiro atoms. The molecule has 1 aliphatic rings. The molecule has 1 aliphatic carbocycles. The quantitative estimate of drug-likeness (QED) is 0.451. The molecule has 9 nitrogen and oxygen atoms in total. The van der Waals surface area contributed by atoms with E-state index in [9.17, 15) is 14.4 Å². The van der Waals surface area contributed by atoms with E-state index in [-0.39, 0.29) is 30.5 Å². The third-order valence-corrected chi connectivity index (χ3v) is 5.41. The normalized spacial score (nSPS) is 13.0. The van der Waals surface area contributed by atoms with Crippen LogP contribution in [0, 0.1) is 0 Å². The Morgan fingerprint density at radius 3 is 2.31 bits per heavy atom. The number of amides is 2. The van der Waals surface area contributed by atoms with E-state index in [1.54, 1.807) is 6.92 Å². The molecule has 3 aromatic rings. The highest BCUT2D eigenvalue weighted by Crippen LogP contribution is 2.44. The number of hydrogen-bond acceptors (Lipinski definition) is 5. The van der Waals surface area contributed by atoms with Crippen molar-refractivity contribution in [2.24, 2.45) is 0 Å². The number of nitrogens with one attached hydrogen (secondary N) is 3. The summed E-state index contributed by atoms with van der Waals surface area (Å²) in [5.74, 6) is -1.74. The number of aromatic nitrogens is 2. The van der Waals surface area contributed by atoms with Crippen LogP contribution >= 0.6 is 0 Å². The number of aliphatic carboxylic acids is 1. The summed E-state index contributed by atoms with van der Waals surface area (Å²) in [6.45, 7) is 1.80. The van der Waals surface area contributed by atoms with Gasteiger partial charge in [-0.05, 0) is 28.7 Å². The molecule has 0 fully saturated rings. The first kappa shape index (κ1) is 21.1. The Hall–Kier alpha value is -4.14. The summed E-state index contributed by atoms with van der Waals surface area (Å²) in [5.41, 5.74) is 4.49. The van der Waals surface area contributed by atoms with Crippen molar-refractivity contribution in [2.75, 3.05) is 11.9 Å². The molecular weight excluding hydrogens is 412 g/mol. The molecule has 9 heteroatoms. The molecule has 1 atom stereocenters. The van der Waals surface area contributed by atoms with E-state index in [2.05, 4.69) is 33.0 Å². The molecule has 0 radical (unpaired) electrons. The summed E-state index contributed by atoms with van der Waals surface area (Å²) in [4.78, 5) is 35.6. The van der Waals surface area contributed by atoms with Crippen LogP contribution in [0.15, 0.2) is 54.6 Å². The van der Waals surface area contributed by atoms with Gasteiger partial charge in [-0.1, -0.05) is 55.5 Å². The number of carbonyl (C=O) groups is 3. The van der Waals surface area contributed by atoms with Gasteiger partial charge in [0.2, 0.25) is 0 Å². The van der Waals surface area contributed by atoms with Crippen molar-refractivity contribution >= 4 is 23.8 Å². The Morgan fingerprint density at radius 2 is 1.72 bits per heavy atom.